The van der Waals surface area contributed by atoms with Crippen LogP contribution in [0.3, 0.4) is 0 Å². The molecule has 0 aliphatic carbocycles. The van der Waals surface area contributed by atoms with E-state index >= 15 is 0 Å². The Bertz CT molecular complexity index is 439. The number of hydrogen-bond donors (Lipinski definition) is 0. The molecule has 0 bridgehead atoms. The molecule has 0 aromatic rings. The molecule has 2 aliphatic rings. The van der Waals surface area contributed by atoms with Gasteiger partial charge in [0.15, 0.2) is 0 Å². The fourth-order valence-electron chi connectivity index (χ4n) is 3.87. The highest BCUT2D eigenvalue weighted by Crippen LogP contribution is 2.18. The highest BCUT2D eigenvalue weighted by molar-refractivity contribution is 5.81. The van der Waals surface area contributed by atoms with Crippen molar-refractivity contribution in [2.24, 2.45) is 0 Å². The summed E-state index contributed by atoms with van der Waals surface area (Å²) in [7, 11) is 6.32. The van der Waals surface area contributed by atoms with Crippen molar-refractivity contribution >= 4 is 5.91 Å². The number of likely N-dealkylation sites (tertiary alicyclic amines) is 2. The first kappa shape index (κ1) is 19.2. The number of hydrogen-bond acceptors (Lipinski definition) is 4. The largest absolute Gasteiger partial charge is 0.343 e. The minimum Gasteiger partial charge on any atom is -0.343 e. The molecule has 136 valence electrons. The van der Waals surface area contributed by atoms with Crippen LogP contribution in [-0.2, 0) is 4.79 Å². The Morgan fingerprint density at radius 2 is 1.83 bits per heavy atom. The number of amides is 1. The Hall–Kier alpha value is -1.09. The molecule has 0 saturated carbocycles. The summed E-state index contributed by atoms with van der Waals surface area (Å²) < 4.78 is 0. The van der Waals surface area contributed by atoms with Gasteiger partial charge < -0.3 is 14.7 Å². The first-order valence-electron chi connectivity index (χ1n) is 9.34. The van der Waals surface area contributed by atoms with Crippen LogP contribution in [-0.4, -0.2) is 98.0 Å². The zero-order valence-electron chi connectivity index (χ0n) is 15.7. The van der Waals surface area contributed by atoms with Gasteiger partial charge in [0.05, 0.1) is 12.6 Å². The maximum Gasteiger partial charge on any atom is 0.239 e. The number of rotatable bonds is 6. The van der Waals surface area contributed by atoms with Crippen molar-refractivity contribution in [1.82, 2.24) is 19.6 Å². The Balaban J connectivity index is 1.79. The minimum atomic E-state index is -0.0200. The van der Waals surface area contributed by atoms with Crippen molar-refractivity contribution < 1.29 is 4.79 Å². The average molecular weight is 335 g/mol. The Morgan fingerprint density at radius 3 is 2.50 bits per heavy atom. The third kappa shape index (κ3) is 5.20. The van der Waals surface area contributed by atoms with Gasteiger partial charge in [0, 0.05) is 26.2 Å². The van der Waals surface area contributed by atoms with E-state index in [0.717, 1.165) is 38.9 Å². The number of terminal acetylenes is 1. The van der Waals surface area contributed by atoms with Crippen molar-refractivity contribution in [2.75, 3.05) is 60.4 Å². The molecule has 0 radical (unpaired) electrons. The molecule has 0 N–H and O–H groups in total. The van der Waals surface area contributed by atoms with Crippen LogP contribution < -0.4 is 0 Å². The minimum absolute atomic E-state index is 0.0200. The van der Waals surface area contributed by atoms with Gasteiger partial charge in [0.2, 0.25) is 5.91 Å². The van der Waals surface area contributed by atoms with Gasteiger partial charge in [-0.2, -0.15) is 0 Å². The maximum absolute atomic E-state index is 12.8. The molecule has 5 nitrogen and oxygen atoms in total. The summed E-state index contributed by atoms with van der Waals surface area (Å²) in [4.78, 5) is 21.7. The second-order valence-electron chi connectivity index (χ2n) is 7.46. The fraction of sp³-hybridized carbons (Fsp3) is 0.842. The van der Waals surface area contributed by atoms with E-state index in [2.05, 4.69) is 34.7 Å². The Labute approximate surface area is 147 Å². The SMILES string of the molecule is C#CCN1CCCCC1C(=O)N(C)CCN(C)C1CCN(C)CC1. The summed E-state index contributed by atoms with van der Waals surface area (Å²) in [5, 5.41) is 0. The molecule has 2 aliphatic heterocycles. The van der Waals surface area contributed by atoms with Crippen LogP contribution in [0.1, 0.15) is 32.1 Å². The van der Waals surface area contributed by atoms with E-state index in [0.29, 0.717) is 12.6 Å². The molecule has 2 heterocycles. The molecule has 0 aromatic carbocycles. The normalized spacial score (nSPS) is 24.0. The summed E-state index contributed by atoms with van der Waals surface area (Å²) in [5.74, 6) is 2.94. The Kier molecular flexibility index (Phi) is 7.54. The van der Waals surface area contributed by atoms with Crippen molar-refractivity contribution in [1.29, 1.82) is 0 Å². The zero-order valence-corrected chi connectivity index (χ0v) is 15.7. The van der Waals surface area contributed by atoms with Gasteiger partial charge in [-0.25, -0.2) is 0 Å². The van der Waals surface area contributed by atoms with E-state index in [-0.39, 0.29) is 11.9 Å². The van der Waals surface area contributed by atoms with Crippen molar-refractivity contribution in [3.63, 3.8) is 0 Å². The van der Waals surface area contributed by atoms with Crippen molar-refractivity contribution in [3.05, 3.63) is 0 Å². The molecule has 1 amide bonds. The van der Waals surface area contributed by atoms with Crippen molar-refractivity contribution in [3.8, 4) is 12.3 Å². The van der Waals surface area contributed by atoms with Gasteiger partial charge in [-0.3, -0.25) is 9.69 Å². The highest BCUT2D eigenvalue weighted by atomic mass is 16.2. The zero-order chi connectivity index (χ0) is 17.5. The number of carbonyl (C=O) groups excluding carboxylic acids is 1. The summed E-state index contributed by atoms with van der Waals surface area (Å²) in [6, 6.07) is 0.630. The molecule has 24 heavy (non-hydrogen) atoms. The summed E-state index contributed by atoms with van der Waals surface area (Å²) in [6.07, 6.45) is 11.1. The lowest BCUT2D eigenvalue weighted by molar-refractivity contribution is -0.136. The van der Waals surface area contributed by atoms with E-state index < -0.39 is 0 Å². The molecule has 1 unspecified atom stereocenters. The predicted octanol–water partition coefficient (Wildman–Crippen LogP) is 0.959. The van der Waals surface area contributed by atoms with Crippen LogP contribution in [0, 0.1) is 12.3 Å². The van der Waals surface area contributed by atoms with Crippen molar-refractivity contribution in [2.45, 2.75) is 44.2 Å². The third-order valence-corrected chi connectivity index (χ3v) is 5.67. The fourth-order valence-corrected chi connectivity index (χ4v) is 3.87. The number of carbonyl (C=O) groups is 1. The second kappa shape index (κ2) is 9.41. The standard InChI is InChI=1S/C19H34N4O/c1-5-11-23-12-7-6-8-18(23)19(24)22(4)16-15-21(3)17-9-13-20(2)14-10-17/h1,17-18H,6-16H2,2-4H3. The van der Waals surface area contributed by atoms with Crippen LogP contribution in [0.4, 0.5) is 0 Å². The average Bonchev–Trinajstić information content (AvgIpc) is 2.60. The number of piperidine rings is 2. The molecule has 2 saturated heterocycles. The van der Waals surface area contributed by atoms with Gasteiger partial charge in [-0.1, -0.05) is 12.3 Å². The highest BCUT2D eigenvalue weighted by Gasteiger charge is 2.30. The van der Waals surface area contributed by atoms with E-state index in [1.165, 1.54) is 25.9 Å². The third-order valence-electron chi connectivity index (χ3n) is 5.67. The molecule has 0 aromatic heterocycles. The Morgan fingerprint density at radius 1 is 1.12 bits per heavy atom. The summed E-state index contributed by atoms with van der Waals surface area (Å²) in [6.45, 7) is 5.62. The molecule has 0 spiro atoms. The first-order valence-corrected chi connectivity index (χ1v) is 9.34. The molecule has 1 atom stereocenters. The van der Waals surface area contributed by atoms with Gasteiger partial charge in [0.1, 0.15) is 0 Å². The molecular weight excluding hydrogens is 300 g/mol. The first-order chi connectivity index (χ1) is 11.5. The molecule has 5 heteroatoms. The molecule has 2 fully saturated rings. The second-order valence-corrected chi connectivity index (χ2v) is 7.46. The summed E-state index contributed by atoms with van der Waals surface area (Å²) >= 11 is 0. The lowest BCUT2D eigenvalue weighted by Crippen LogP contribution is -2.51. The monoisotopic (exact) mass is 334 g/mol. The summed E-state index contributed by atoms with van der Waals surface area (Å²) in [5.41, 5.74) is 0. The molecular formula is C19H34N4O. The van der Waals surface area contributed by atoms with Gasteiger partial charge in [0.25, 0.3) is 0 Å². The number of likely N-dealkylation sites (N-methyl/N-ethyl adjacent to an activating group) is 2. The van der Waals surface area contributed by atoms with Gasteiger partial charge >= 0.3 is 0 Å². The van der Waals surface area contributed by atoms with E-state index in [9.17, 15) is 4.79 Å². The van der Waals surface area contributed by atoms with Crippen LogP contribution in [0.25, 0.3) is 0 Å². The van der Waals surface area contributed by atoms with E-state index in [1.807, 2.05) is 11.9 Å². The maximum atomic E-state index is 12.8. The van der Waals surface area contributed by atoms with E-state index in [4.69, 9.17) is 6.42 Å². The lowest BCUT2D eigenvalue weighted by Gasteiger charge is -2.37. The van der Waals surface area contributed by atoms with Crippen LogP contribution >= 0.6 is 0 Å². The van der Waals surface area contributed by atoms with Gasteiger partial charge in [-0.15, -0.1) is 6.42 Å². The predicted molar refractivity (Wildman–Crippen MR) is 98.8 cm³/mol. The van der Waals surface area contributed by atoms with Crippen LogP contribution in [0.15, 0.2) is 0 Å². The smallest absolute Gasteiger partial charge is 0.239 e. The number of nitrogens with zero attached hydrogens (tertiary/aromatic N) is 4. The van der Waals surface area contributed by atoms with Crippen LogP contribution in [0.2, 0.25) is 0 Å². The lowest BCUT2D eigenvalue weighted by atomic mass is 10.0. The van der Waals surface area contributed by atoms with Crippen LogP contribution in [0.5, 0.6) is 0 Å². The molecule has 2 rings (SSSR count). The quantitative estimate of drug-likeness (QED) is 0.677. The van der Waals surface area contributed by atoms with Gasteiger partial charge in [-0.05, 0) is 59.4 Å². The van der Waals surface area contributed by atoms with E-state index in [1.54, 1.807) is 0 Å². The topological polar surface area (TPSA) is 30.0 Å².